The van der Waals surface area contributed by atoms with Crippen LogP contribution in [0.4, 0.5) is 5.69 Å². The highest BCUT2D eigenvalue weighted by Crippen LogP contribution is 2.17. The van der Waals surface area contributed by atoms with Gasteiger partial charge in [0, 0.05) is 38.4 Å². The molecule has 110 valence electrons. The molecule has 1 aliphatic heterocycles. The summed E-state index contributed by atoms with van der Waals surface area (Å²) in [6, 6.07) is 19.1. The van der Waals surface area contributed by atoms with E-state index < -0.39 is 0 Å². The normalized spacial score (nSPS) is 16.0. The Morgan fingerprint density at radius 1 is 0.857 bits per heavy atom. The zero-order valence-corrected chi connectivity index (χ0v) is 12.5. The van der Waals surface area contributed by atoms with Crippen molar-refractivity contribution in [2.45, 2.75) is 6.54 Å². The van der Waals surface area contributed by atoms with E-state index in [-0.39, 0.29) is 0 Å². The van der Waals surface area contributed by atoms with Gasteiger partial charge in [0.1, 0.15) is 5.75 Å². The van der Waals surface area contributed by atoms with E-state index in [0.717, 1.165) is 38.5 Å². The lowest BCUT2D eigenvalue weighted by Gasteiger charge is -2.36. The number of hydrogen-bond acceptors (Lipinski definition) is 3. The van der Waals surface area contributed by atoms with Crippen LogP contribution in [0.25, 0.3) is 0 Å². The minimum absolute atomic E-state index is 0.924. The Bertz CT molecular complexity index is 545. The number of methoxy groups -OCH3 is 1. The van der Waals surface area contributed by atoms with Crippen LogP contribution in [-0.4, -0.2) is 38.2 Å². The van der Waals surface area contributed by atoms with E-state index in [2.05, 4.69) is 52.3 Å². The van der Waals surface area contributed by atoms with Crippen LogP contribution in [0.5, 0.6) is 5.75 Å². The second-order valence-corrected chi connectivity index (χ2v) is 5.45. The van der Waals surface area contributed by atoms with Gasteiger partial charge in [-0.3, -0.25) is 4.90 Å². The molecule has 3 rings (SSSR count). The molecule has 0 radical (unpaired) electrons. The van der Waals surface area contributed by atoms with E-state index >= 15 is 0 Å². The van der Waals surface area contributed by atoms with Crippen LogP contribution in [0.2, 0.25) is 0 Å². The fourth-order valence-electron chi connectivity index (χ4n) is 2.79. The lowest BCUT2D eigenvalue weighted by atomic mass is 10.2. The third-order valence-corrected chi connectivity index (χ3v) is 4.06. The summed E-state index contributed by atoms with van der Waals surface area (Å²) in [5.74, 6) is 0.924. The van der Waals surface area contributed by atoms with Gasteiger partial charge in [-0.15, -0.1) is 0 Å². The molecule has 1 heterocycles. The largest absolute Gasteiger partial charge is 0.497 e. The highest BCUT2D eigenvalue weighted by Gasteiger charge is 2.16. The van der Waals surface area contributed by atoms with Gasteiger partial charge in [-0.2, -0.15) is 0 Å². The van der Waals surface area contributed by atoms with E-state index in [4.69, 9.17) is 4.74 Å². The number of anilines is 1. The zero-order valence-electron chi connectivity index (χ0n) is 12.5. The lowest BCUT2D eigenvalue weighted by molar-refractivity contribution is 0.250. The maximum Gasteiger partial charge on any atom is 0.118 e. The van der Waals surface area contributed by atoms with Crippen molar-refractivity contribution in [3.05, 3.63) is 60.2 Å². The summed E-state index contributed by atoms with van der Waals surface area (Å²) in [7, 11) is 1.71. The van der Waals surface area contributed by atoms with Gasteiger partial charge in [-0.1, -0.05) is 30.3 Å². The number of ether oxygens (including phenoxy) is 1. The predicted molar refractivity (Wildman–Crippen MR) is 86.9 cm³/mol. The molecule has 3 heteroatoms. The Kier molecular flexibility index (Phi) is 4.41. The number of para-hydroxylation sites is 1. The third-order valence-electron chi connectivity index (χ3n) is 4.06. The molecule has 2 aromatic carbocycles. The van der Waals surface area contributed by atoms with E-state index in [1.54, 1.807) is 7.11 Å². The van der Waals surface area contributed by atoms with Crippen LogP contribution in [0.1, 0.15) is 5.56 Å². The molecular formula is C18H22N2O. The highest BCUT2D eigenvalue weighted by atomic mass is 16.5. The van der Waals surface area contributed by atoms with Crippen molar-refractivity contribution in [2.24, 2.45) is 0 Å². The van der Waals surface area contributed by atoms with Crippen LogP contribution in [0, 0.1) is 0 Å². The molecule has 0 amide bonds. The van der Waals surface area contributed by atoms with E-state index in [9.17, 15) is 0 Å². The first-order valence-electron chi connectivity index (χ1n) is 7.50. The van der Waals surface area contributed by atoms with Gasteiger partial charge in [0.2, 0.25) is 0 Å². The van der Waals surface area contributed by atoms with Crippen LogP contribution >= 0.6 is 0 Å². The summed E-state index contributed by atoms with van der Waals surface area (Å²) in [5, 5.41) is 0. The molecule has 0 spiro atoms. The minimum atomic E-state index is 0.924. The van der Waals surface area contributed by atoms with Gasteiger partial charge >= 0.3 is 0 Å². The minimum Gasteiger partial charge on any atom is -0.497 e. The number of rotatable bonds is 4. The summed E-state index contributed by atoms with van der Waals surface area (Å²) >= 11 is 0. The summed E-state index contributed by atoms with van der Waals surface area (Å²) in [4.78, 5) is 4.98. The van der Waals surface area contributed by atoms with Crippen molar-refractivity contribution in [3.8, 4) is 5.75 Å². The van der Waals surface area contributed by atoms with Crippen molar-refractivity contribution in [1.82, 2.24) is 4.90 Å². The molecule has 1 aliphatic rings. The smallest absolute Gasteiger partial charge is 0.118 e. The average molecular weight is 282 g/mol. The molecule has 1 saturated heterocycles. The summed E-state index contributed by atoms with van der Waals surface area (Å²) in [5.41, 5.74) is 2.69. The quantitative estimate of drug-likeness (QED) is 0.857. The van der Waals surface area contributed by atoms with Gasteiger partial charge < -0.3 is 9.64 Å². The molecule has 0 unspecified atom stereocenters. The Morgan fingerprint density at radius 3 is 2.14 bits per heavy atom. The molecule has 0 bridgehead atoms. The number of piperazine rings is 1. The molecule has 0 N–H and O–H groups in total. The van der Waals surface area contributed by atoms with Gasteiger partial charge in [-0.05, 0) is 29.8 Å². The van der Waals surface area contributed by atoms with Crippen molar-refractivity contribution in [3.63, 3.8) is 0 Å². The van der Waals surface area contributed by atoms with E-state index in [1.165, 1.54) is 11.3 Å². The first-order chi connectivity index (χ1) is 10.3. The first kappa shape index (κ1) is 14.0. The van der Waals surface area contributed by atoms with Crippen LogP contribution < -0.4 is 9.64 Å². The highest BCUT2D eigenvalue weighted by molar-refractivity contribution is 5.46. The Balaban J connectivity index is 1.53. The van der Waals surface area contributed by atoms with Crippen molar-refractivity contribution in [1.29, 1.82) is 0 Å². The number of hydrogen-bond donors (Lipinski definition) is 0. The Labute approximate surface area is 126 Å². The molecule has 0 aromatic heterocycles. The maximum absolute atomic E-state index is 5.20. The standard InChI is InChI=1S/C18H22N2O/c1-21-18-9-7-16(8-10-18)15-19-11-13-20(14-12-19)17-5-3-2-4-6-17/h2-10H,11-15H2,1H3. The van der Waals surface area contributed by atoms with Crippen molar-refractivity contribution in [2.75, 3.05) is 38.2 Å². The fraction of sp³-hybridized carbons (Fsp3) is 0.333. The molecule has 3 nitrogen and oxygen atoms in total. The zero-order chi connectivity index (χ0) is 14.5. The number of benzene rings is 2. The predicted octanol–water partition coefficient (Wildman–Crippen LogP) is 3.02. The SMILES string of the molecule is COc1ccc(CN2CCN(c3ccccc3)CC2)cc1. The van der Waals surface area contributed by atoms with Crippen molar-refractivity contribution < 1.29 is 4.74 Å². The topological polar surface area (TPSA) is 15.7 Å². The van der Waals surface area contributed by atoms with Crippen LogP contribution in [0.3, 0.4) is 0 Å². The van der Waals surface area contributed by atoms with Gasteiger partial charge in [0.25, 0.3) is 0 Å². The van der Waals surface area contributed by atoms with Crippen LogP contribution in [0.15, 0.2) is 54.6 Å². The average Bonchev–Trinajstić information content (AvgIpc) is 2.57. The second-order valence-electron chi connectivity index (χ2n) is 5.45. The summed E-state index contributed by atoms with van der Waals surface area (Å²) in [6.45, 7) is 5.44. The number of nitrogens with zero attached hydrogens (tertiary/aromatic N) is 2. The Hall–Kier alpha value is -2.00. The van der Waals surface area contributed by atoms with Crippen molar-refractivity contribution >= 4 is 5.69 Å². The molecule has 0 aliphatic carbocycles. The van der Waals surface area contributed by atoms with Gasteiger partial charge in [0.05, 0.1) is 7.11 Å². The van der Waals surface area contributed by atoms with E-state index in [0.29, 0.717) is 0 Å². The summed E-state index contributed by atoms with van der Waals surface area (Å²) in [6.07, 6.45) is 0. The molecule has 21 heavy (non-hydrogen) atoms. The molecule has 0 saturated carbocycles. The monoisotopic (exact) mass is 282 g/mol. The fourth-order valence-corrected chi connectivity index (χ4v) is 2.79. The maximum atomic E-state index is 5.20. The molecular weight excluding hydrogens is 260 g/mol. The van der Waals surface area contributed by atoms with Crippen LogP contribution in [-0.2, 0) is 6.54 Å². The lowest BCUT2D eigenvalue weighted by Crippen LogP contribution is -2.45. The van der Waals surface area contributed by atoms with Gasteiger partial charge in [0.15, 0.2) is 0 Å². The van der Waals surface area contributed by atoms with E-state index in [1.807, 2.05) is 12.1 Å². The molecule has 0 atom stereocenters. The first-order valence-corrected chi connectivity index (χ1v) is 7.50. The second kappa shape index (κ2) is 6.64. The molecule has 1 fully saturated rings. The summed E-state index contributed by atoms with van der Waals surface area (Å²) < 4.78 is 5.20. The Morgan fingerprint density at radius 2 is 1.52 bits per heavy atom. The van der Waals surface area contributed by atoms with Gasteiger partial charge in [-0.25, -0.2) is 0 Å². The molecule has 2 aromatic rings. The third kappa shape index (κ3) is 3.56.